The number of pyridine rings is 1. The maximum atomic E-state index is 13.2. The normalized spacial score (nSPS) is 17.5. The van der Waals surface area contributed by atoms with Crippen molar-refractivity contribution in [3.8, 4) is 5.75 Å². The molecule has 0 spiro atoms. The highest BCUT2D eigenvalue weighted by Crippen LogP contribution is 2.43. The van der Waals surface area contributed by atoms with Gasteiger partial charge in [0.2, 0.25) is 0 Å². The van der Waals surface area contributed by atoms with E-state index in [4.69, 9.17) is 27.9 Å². The summed E-state index contributed by atoms with van der Waals surface area (Å²) in [7, 11) is 0. The van der Waals surface area contributed by atoms with E-state index < -0.39 is 23.5 Å². The van der Waals surface area contributed by atoms with E-state index >= 15 is 0 Å². The topological polar surface area (TPSA) is 79.7 Å². The number of carbonyl (C=O) groups is 2. The maximum Gasteiger partial charge on any atom is 0.300 e. The van der Waals surface area contributed by atoms with Crippen molar-refractivity contribution in [1.29, 1.82) is 0 Å². The average Bonchev–Trinajstić information content (AvgIpc) is 3.08. The van der Waals surface area contributed by atoms with Crippen molar-refractivity contribution in [2.45, 2.75) is 19.9 Å². The molecule has 0 aliphatic carbocycles. The summed E-state index contributed by atoms with van der Waals surface area (Å²) in [5.41, 5.74) is 1.90. The van der Waals surface area contributed by atoms with Crippen LogP contribution in [0.15, 0.2) is 66.5 Å². The van der Waals surface area contributed by atoms with Gasteiger partial charge in [-0.3, -0.25) is 19.5 Å². The molecule has 1 aliphatic rings. The van der Waals surface area contributed by atoms with Gasteiger partial charge in [0.1, 0.15) is 11.5 Å². The first-order chi connectivity index (χ1) is 15.8. The van der Waals surface area contributed by atoms with E-state index in [1.54, 1.807) is 54.9 Å². The lowest BCUT2D eigenvalue weighted by atomic mass is 9.96. The van der Waals surface area contributed by atoms with Crippen LogP contribution in [0.5, 0.6) is 5.75 Å². The first-order valence-electron chi connectivity index (χ1n) is 10.2. The minimum Gasteiger partial charge on any atom is -0.507 e. The maximum absolute atomic E-state index is 13.2. The van der Waals surface area contributed by atoms with Crippen LogP contribution in [0, 0.1) is 6.92 Å². The molecule has 1 aromatic heterocycles. The molecule has 1 amide bonds. The number of amides is 1. The second kappa shape index (κ2) is 9.25. The fourth-order valence-electron chi connectivity index (χ4n) is 3.77. The van der Waals surface area contributed by atoms with Gasteiger partial charge >= 0.3 is 0 Å². The van der Waals surface area contributed by atoms with Crippen LogP contribution in [0.4, 0.5) is 5.69 Å². The molecule has 1 fully saturated rings. The molecular weight excluding hydrogens is 463 g/mol. The predicted octanol–water partition coefficient (Wildman–Crippen LogP) is 5.72. The monoisotopic (exact) mass is 482 g/mol. The number of aryl methyl sites for hydroxylation is 1. The number of hydrogen-bond acceptors (Lipinski definition) is 5. The summed E-state index contributed by atoms with van der Waals surface area (Å²) < 4.78 is 5.51. The van der Waals surface area contributed by atoms with Gasteiger partial charge in [-0.05, 0) is 61.4 Å². The van der Waals surface area contributed by atoms with Crippen molar-refractivity contribution >= 4 is 46.3 Å². The lowest BCUT2D eigenvalue weighted by Gasteiger charge is -2.25. The van der Waals surface area contributed by atoms with Crippen LogP contribution in [0.2, 0.25) is 10.0 Å². The highest BCUT2D eigenvalue weighted by molar-refractivity contribution is 6.52. The van der Waals surface area contributed by atoms with Gasteiger partial charge < -0.3 is 9.84 Å². The number of rotatable bonds is 5. The third-order valence-corrected chi connectivity index (χ3v) is 6.12. The quantitative estimate of drug-likeness (QED) is 0.285. The van der Waals surface area contributed by atoms with E-state index in [1.807, 2.05) is 13.8 Å². The molecule has 1 unspecified atom stereocenters. The van der Waals surface area contributed by atoms with E-state index in [0.29, 0.717) is 28.6 Å². The Labute approximate surface area is 201 Å². The molecule has 0 saturated carbocycles. The van der Waals surface area contributed by atoms with Crippen LogP contribution in [0.25, 0.3) is 5.76 Å². The van der Waals surface area contributed by atoms with Crippen molar-refractivity contribution in [1.82, 2.24) is 4.98 Å². The fourth-order valence-corrected chi connectivity index (χ4v) is 4.15. The van der Waals surface area contributed by atoms with Crippen molar-refractivity contribution in [2.75, 3.05) is 11.5 Å². The van der Waals surface area contributed by atoms with Gasteiger partial charge in [0.25, 0.3) is 11.7 Å². The first kappa shape index (κ1) is 22.8. The van der Waals surface area contributed by atoms with E-state index in [0.717, 1.165) is 5.56 Å². The van der Waals surface area contributed by atoms with Crippen molar-refractivity contribution in [2.24, 2.45) is 0 Å². The number of benzene rings is 2. The molecule has 168 valence electrons. The summed E-state index contributed by atoms with van der Waals surface area (Å²) in [6.45, 7) is 4.08. The summed E-state index contributed by atoms with van der Waals surface area (Å²) in [5.74, 6) is -1.55. The number of Topliss-reactive ketones (excluding diaryl/α,β-unsaturated/α-hetero) is 1. The van der Waals surface area contributed by atoms with Gasteiger partial charge in [0.15, 0.2) is 0 Å². The Morgan fingerprint density at radius 2 is 1.91 bits per heavy atom. The fraction of sp³-hybridized carbons (Fsp3) is 0.160. The lowest BCUT2D eigenvalue weighted by molar-refractivity contribution is -0.132. The number of hydrogen-bond donors (Lipinski definition) is 1. The molecule has 6 nitrogen and oxygen atoms in total. The van der Waals surface area contributed by atoms with Crippen LogP contribution < -0.4 is 9.64 Å². The van der Waals surface area contributed by atoms with Crippen LogP contribution in [0.1, 0.15) is 29.7 Å². The Bertz CT molecular complexity index is 1270. The number of ketones is 1. The minimum atomic E-state index is -0.927. The standard InChI is InChI=1S/C25H20Cl2N2O4/c1-3-33-17-8-9-19(26)18(12-17)23(30)21-22(15-5-4-10-28-13-15)29(25(32)24(21)31)16-7-6-14(2)20(27)11-16/h4-13,22,30H,3H2,1-2H3/b23-21+. The molecule has 33 heavy (non-hydrogen) atoms. The van der Waals surface area contributed by atoms with Crippen LogP contribution in [0.3, 0.4) is 0 Å². The average molecular weight is 483 g/mol. The largest absolute Gasteiger partial charge is 0.507 e. The van der Waals surface area contributed by atoms with E-state index in [2.05, 4.69) is 4.98 Å². The zero-order valence-corrected chi connectivity index (χ0v) is 19.4. The molecule has 4 rings (SSSR count). The molecule has 3 aromatic rings. The van der Waals surface area contributed by atoms with Crippen molar-refractivity contribution in [3.05, 3.63) is 93.2 Å². The van der Waals surface area contributed by atoms with Crippen LogP contribution in [-0.4, -0.2) is 28.4 Å². The zero-order valence-electron chi connectivity index (χ0n) is 17.9. The number of nitrogens with zero attached hydrogens (tertiary/aromatic N) is 2. The molecule has 0 bridgehead atoms. The van der Waals surface area contributed by atoms with Gasteiger partial charge in [0.05, 0.1) is 23.2 Å². The number of halogens is 2. The van der Waals surface area contributed by atoms with Gasteiger partial charge in [-0.1, -0.05) is 35.3 Å². The first-order valence-corrected chi connectivity index (χ1v) is 11.0. The van der Waals surface area contributed by atoms with Crippen LogP contribution >= 0.6 is 23.2 Å². The third kappa shape index (κ3) is 4.19. The Hall–Kier alpha value is -3.35. The molecule has 1 atom stereocenters. The highest BCUT2D eigenvalue weighted by atomic mass is 35.5. The molecule has 2 heterocycles. The SMILES string of the molecule is CCOc1ccc(Cl)c(/C(O)=C2\C(=O)C(=O)N(c3ccc(C)c(Cl)c3)C2c2cccnc2)c1. The summed E-state index contributed by atoms with van der Waals surface area (Å²) in [5, 5.41) is 11.9. The second-order valence-electron chi connectivity index (χ2n) is 7.46. The Balaban J connectivity index is 1.95. The number of anilines is 1. The van der Waals surface area contributed by atoms with Gasteiger partial charge in [-0.15, -0.1) is 0 Å². The second-order valence-corrected chi connectivity index (χ2v) is 8.28. The minimum absolute atomic E-state index is 0.0970. The summed E-state index contributed by atoms with van der Waals surface area (Å²) in [6.07, 6.45) is 3.13. The predicted molar refractivity (Wildman–Crippen MR) is 128 cm³/mol. The molecule has 1 aliphatic heterocycles. The van der Waals surface area contributed by atoms with Crippen molar-refractivity contribution < 1.29 is 19.4 Å². The zero-order chi connectivity index (χ0) is 23.7. The molecule has 1 saturated heterocycles. The molecule has 1 N–H and O–H groups in total. The van der Waals surface area contributed by atoms with Gasteiger partial charge in [0, 0.05) is 28.7 Å². The summed E-state index contributed by atoms with van der Waals surface area (Å²) in [6, 6.07) is 12.4. The molecule has 0 radical (unpaired) electrons. The van der Waals surface area contributed by atoms with Gasteiger partial charge in [-0.2, -0.15) is 0 Å². The molecule has 2 aromatic carbocycles. The van der Waals surface area contributed by atoms with Gasteiger partial charge in [-0.25, -0.2) is 0 Å². The summed E-state index contributed by atoms with van der Waals surface area (Å²) >= 11 is 12.7. The van der Waals surface area contributed by atoms with E-state index in [-0.39, 0.29) is 16.2 Å². The smallest absolute Gasteiger partial charge is 0.300 e. The number of aliphatic hydroxyl groups excluding tert-OH is 1. The van der Waals surface area contributed by atoms with Crippen molar-refractivity contribution in [3.63, 3.8) is 0 Å². The third-order valence-electron chi connectivity index (χ3n) is 5.38. The van der Waals surface area contributed by atoms with Crippen LogP contribution in [-0.2, 0) is 9.59 Å². The van der Waals surface area contributed by atoms with E-state index in [1.165, 1.54) is 11.0 Å². The number of carbonyl (C=O) groups excluding carboxylic acids is 2. The summed E-state index contributed by atoms with van der Waals surface area (Å²) in [4.78, 5) is 31.9. The molecular formula is C25H20Cl2N2O4. The molecule has 8 heteroatoms. The van der Waals surface area contributed by atoms with E-state index in [9.17, 15) is 14.7 Å². The number of aromatic nitrogens is 1. The lowest BCUT2D eigenvalue weighted by Crippen LogP contribution is -2.29. The Morgan fingerprint density at radius 3 is 2.58 bits per heavy atom. The number of ether oxygens (including phenoxy) is 1. The Kier molecular flexibility index (Phi) is 6.40. The highest BCUT2D eigenvalue weighted by Gasteiger charge is 2.47. The number of aliphatic hydroxyl groups is 1. The Morgan fingerprint density at radius 1 is 1.12 bits per heavy atom.